The number of aromatic nitrogens is 1. The van der Waals surface area contributed by atoms with Gasteiger partial charge in [0.1, 0.15) is 23.2 Å². The first-order valence-corrected chi connectivity index (χ1v) is 15.0. The van der Waals surface area contributed by atoms with E-state index in [4.69, 9.17) is 14.5 Å². The van der Waals surface area contributed by atoms with Crippen LogP contribution in [0.25, 0.3) is 0 Å². The summed E-state index contributed by atoms with van der Waals surface area (Å²) in [5.41, 5.74) is 2.07. The van der Waals surface area contributed by atoms with Gasteiger partial charge in [-0.15, -0.1) is 11.3 Å². The smallest absolute Gasteiger partial charge is 0.407 e. The van der Waals surface area contributed by atoms with Gasteiger partial charge in [-0.3, -0.25) is 4.90 Å². The predicted octanol–water partition coefficient (Wildman–Crippen LogP) is 5.03. The Hall–Kier alpha value is -2.66. The average molecular weight is 559 g/mol. The van der Waals surface area contributed by atoms with Crippen LogP contribution >= 0.6 is 23.1 Å². The number of halogens is 1. The lowest BCUT2D eigenvalue weighted by atomic mass is 10.2. The number of nitrogens with one attached hydrogen (secondary N) is 1. The maximum absolute atomic E-state index is 13.0. The molecule has 0 spiro atoms. The quantitative estimate of drug-likeness (QED) is 0.279. The first-order valence-electron chi connectivity index (χ1n) is 12.9. The van der Waals surface area contributed by atoms with Gasteiger partial charge < -0.3 is 19.7 Å². The summed E-state index contributed by atoms with van der Waals surface area (Å²) in [5.74, 6) is 2.12. The number of nitrogens with zero attached hydrogens (tertiary/aromatic N) is 3. The van der Waals surface area contributed by atoms with Crippen molar-refractivity contribution in [2.45, 2.75) is 25.3 Å². The van der Waals surface area contributed by atoms with Crippen LogP contribution in [0.15, 0.2) is 60.0 Å². The minimum Gasteiger partial charge on any atom is -0.494 e. The summed E-state index contributed by atoms with van der Waals surface area (Å²) in [7, 11) is 0. The molecule has 1 aliphatic heterocycles. The number of hydrogen-bond donors (Lipinski definition) is 1. The number of benzene rings is 2. The average Bonchev–Trinajstić information content (AvgIpc) is 3.39. The third-order valence-electron chi connectivity index (χ3n) is 6.10. The third kappa shape index (κ3) is 10.2. The molecule has 0 unspecified atom stereocenters. The molecule has 1 aliphatic rings. The number of rotatable bonds is 14. The Bertz CT molecular complexity index is 1090. The normalized spacial score (nSPS) is 14.3. The fourth-order valence-electron chi connectivity index (χ4n) is 4.04. The fraction of sp³-hybridized carbons (Fsp3) is 0.429. The second kappa shape index (κ2) is 15.7. The zero-order valence-electron chi connectivity index (χ0n) is 21.5. The molecular weight excluding hydrogens is 523 g/mol. The van der Waals surface area contributed by atoms with E-state index in [1.807, 2.05) is 30.3 Å². The summed E-state index contributed by atoms with van der Waals surface area (Å²) in [6, 6.07) is 15.8. The van der Waals surface area contributed by atoms with Gasteiger partial charge in [-0.2, -0.15) is 11.8 Å². The van der Waals surface area contributed by atoms with Gasteiger partial charge in [0, 0.05) is 56.2 Å². The zero-order chi connectivity index (χ0) is 26.4. The lowest BCUT2D eigenvalue weighted by Gasteiger charge is -2.34. The monoisotopic (exact) mass is 558 g/mol. The molecule has 3 aromatic rings. The Morgan fingerprint density at radius 2 is 1.82 bits per heavy atom. The fourth-order valence-corrected chi connectivity index (χ4v) is 5.72. The molecule has 204 valence electrons. The standard InChI is InChI=1S/C28H35FN4O3S2/c29-24-7-9-26(10-8-24)35-17-4-12-32-13-15-33(16-14-32)19-27-31-25(22-38-27)21-37-18-11-30-28(34)36-20-23-5-2-1-3-6-23/h1-3,5-10,22H,4,11-21H2,(H,30,34). The number of piperazine rings is 1. The first kappa shape index (κ1) is 28.4. The van der Waals surface area contributed by atoms with Crippen LogP contribution in [0, 0.1) is 5.82 Å². The number of carbonyl (C=O) groups is 1. The number of thioether (sulfide) groups is 1. The van der Waals surface area contributed by atoms with Gasteiger partial charge in [-0.25, -0.2) is 14.2 Å². The summed E-state index contributed by atoms with van der Waals surface area (Å²) in [5, 5.41) is 6.09. The van der Waals surface area contributed by atoms with E-state index in [9.17, 15) is 9.18 Å². The van der Waals surface area contributed by atoms with Crippen molar-refractivity contribution in [3.8, 4) is 5.75 Å². The van der Waals surface area contributed by atoms with E-state index in [2.05, 4.69) is 20.5 Å². The topological polar surface area (TPSA) is 66.9 Å². The Balaban J connectivity index is 1.02. The molecule has 0 atom stereocenters. The highest BCUT2D eigenvalue weighted by Crippen LogP contribution is 2.18. The second-order valence-corrected chi connectivity index (χ2v) is 11.1. The van der Waals surface area contributed by atoms with E-state index in [-0.39, 0.29) is 18.5 Å². The summed E-state index contributed by atoms with van der Waals surface area (Å²) >= 11 is 3.48. The number of carbonyl (C=O) groups excluding carboxylic acids is 1. The highest BCUT2D eigenvalue weighted by molar-refractivity contribution is 7.98. The third-order valence-corrected chi connectivity index (χ3v) is 7.98. The molecule has 1 saturated heterocycles. The van der Waals surface area contributed by atoms with Gasteiger partial charge in [0.25, 0.3) is 0 Å². The molecule has 0 radical (unpaired) electrons. The molecule has 0 bridgehead atoms. The Labute approximate surface area is 232 Å². The highest BCUT2D eigenvalue weighted by Gasteiger charge is 2.18. The number of ether oxygens (including phenoxy) is 2. The van der Waals surface area contributed by atoms with Crippen molar-refractivity contribution in [2.24, 2.45) is 0 Å². The number of thiazole rings is 1. The molecule has 10 heteroatoms. The molecule has 1 amide bonds. The predicted molar refractivity (Wildman–Crippen MR) is 151 cm³/mol. The van der Waals surface area contributed by atoms with Crippen LogP contribution < -0.4 is 10.1 Å². The Kier molecular flexibility index (Phi) is 11.7. The summed E-state index contributed by atoms with van der Waals surface area (Å²) < 4.78 is 23.9. The molecule has 1 N–H and O–H groups in total. The Morgan fingerprint density at radius 1 is 1.05 bits per heavy atom. The van der Waals surface area contributed by atoms with Crippen molar-refractivity contribution in [2.75, 3.05) is 51.6 Å². The minimum atomic E-state index is -0.385. The molecule has 2 heterocycles. The van der Waals surface area contributed by atoms with Crippen LogP contribution in [0.4, 0.5) is 9.18 Å². The molecule has 0 saturated carbocycles. The van der Waals surface area contributed by atoms with E-state index in [0.717, 1.165) is 73.5 Å². The van der Waals surface area contributed by atoms with Crippen molar-refractivity contribution in [1.29, 1.82) is 0 Å². The van der Waals surface area contributed by atoms with Gasteiger partial charge in [0.15, 0.2) is 0 Å². The lowest BCUT2D eigenvalue weighted by Crippen LogP contribution is -2.46. The molecule has 0 aliphatic carbocycles. The lowest BCUT2D eigenvalue weighted by molar-refractivity contribution is 0.121. The largest absolute Gasteiger partial charge is 0.494 e. The van der Waals surface area contributed by atoms with Crippen LogP contribution in [0.3, 0.4) is 0 Å². The van der Waals surface area contributed by atoms with E-state index in [1.54, 1.807) is 35.2 Å². The van der Waals surface area contributed by atoms with Crippen molar-refractivity contribution in [3.63, 3.8) is 0 Å². The highest BCUT2D eigenvalue weighted by atomic mass is 32.2. The first-order chi connectivity index (χ1) is 18.6. The maximum atomic E-state index is 13.0. The Morgan fingerprint density at radius 3 is 2.61 bits per heavy atom. The van der Waals surface area contributed by atoms with E-state index < -0.39 is 0 Å². The van der Waals surface area contributed by atoms with Gasteiger partial charge in [0.05, 0.1) is 18.8 Å². The van der Waals surface area contributed by atoms with E-state index in [1.165, 1.54) is 12.1 Å². The number of amides is 1. The molecule has 7 nitrogen and oxygen atoms in total. The van der Waals surface area contributed by atoms with Crippen molar-refractivity contribution in [3.05, 3.63) is 82.1 Å². The number of hydrogen-bond acceptors (Lipinski definition) is 8. The summed E-state index contributed by atoms with van der Waals surface area (Å²) in [6.45, 7) is 7.56. The molecule has 1 aromatic heterocycles. The molecule has 2 aromatic carbocycles. The SMILES string of the molecule is O=C(NCCSCc1csc(CN2CCN(CCCOc3ccc(F)cc3)CC2)n1)OCc1ccccc1. The molecule has 1 fully saturated rings. The summed E-state index contributed by atoms with van der Waals surface area (Å²) in [4.78, 5) is 21.6. The molecule has 38 heavy (non-hydrogen) atoms. The van der Waals surface area contributed by atoms with Crippen LogP contribution in [-0.2, 0) is 23.6 Å². The van der Waals surface area contributed by atoms with E-state index in [0.29, 0.717) is 18.9 Å². The van der Waals surface area contributed by atoms with Crippen LogP contribution in [0.1, 0.15) is 22.7 Å². The van der Waals surface area contributed by atoms with Gasteiger partial charge >= 0.3 is 6.09 Å². The van der Waals surface area contributed by atoms with Crippen LogP contribution in [0.2, 0.25) is 0 Å². The van der Waals surface area contributed by atoms with Crippen molar-refractivity contribution >= 4 is 29.2 Å². The van der Waals surface area contributed by atoms with Gasteiger partial charge in [-0.1, -0.05) is 30.3 Å². The van der Waals surface area contributed by atoms with Crippen LogP contribution in [-0.4, -0.2) is 72.5 Å². The maximum Gasteiger partial charge on any atom is 0.407 e. The molecular formula is C28H35FN4O3S2. The summed E-state index contributed by atoms with van der Waals surface area (Å²) in [6.07, 6.45) is 0.568. The van der Waals surface area contributed by atoms with E-state index >= 15 is 0 Å². The number of alkyl carbamates (subject to hydrolysis) is 1. The van der Waals surface area contributed by atoms with Crippen LogP contribution in [0.5, 0.6) is 5.75 Å². The second-order valence-electron chi connectivity index (χ2n) is 9.05. The molecule has 4 rings (SSSR count). The van der Waals surface area contributed by atoms with Gasteiger partial charge in [-0.05, 0) is 36.2 Å². The van der Waals surface area contributed by atoms with Crippen molar-refractivity contribution < 1.29 is 18.7 Å². The van der Waals surface area contributed by atoms with Gasteiger partial charge in [0.2, 0.25) is 0 Å². The minimum absolute atomic E-state index is 0.244. The van der Waals surface area contributed by atoms with Crippen molar-refractivity contribution in [1.82, 2.24) is 20.1 Å². The zero-order valence-corrected chi connectivity index (χ0v) is 23.2.